The van der Waals surface area contributed by atoms with Crippen LogP contribution in [0.1, 0.15) is 19.8 Å². The molecule has 1 aliphatic heterocycles. The van der Waals surface area contributed by atoms with E-state index in [0.29, 0.717) is 6.42 Å². The lowest BCUT2D eigenvalue weighted by atomic mass is 10.1. The Hall–Kier alpha value is -0.820. The highest BCUT2D eigenvalue weighted by Crippen LogP contribution is 2.18. The molecular weight excluding hydrogens is 237 g/mol. The summed E-state index contributed by atoms with van der Waals surface area (Å²) >= 11 is 0. The molecule has 0 bridgehead atoms. The summed E-state index contributed by atoms with van der Waals surface area (Å²) in [6.45, 7) is 0.816. The van der Waals surface area contributed by atoms with Crippen LogP contribution < -0.4 is 5.32 Å². The van der Waals surface area contributed by atoms with Gasteiger partial charge in [-0.05, 0) is 12.8 Å². The molecule has 0 radical (unpaired) electrons. The van der Waals surface area contributed by atoms with E-state index in [0.717, 1.165) is 4.90 Å². The van der Waals surface area contributed by atoms with Gasteiger partial charge in [-0.3, -0.25) is 4.79 Å². The van der Waals surface area contributed by atoms with E-state index >= 15 is 0 Å². The maximum absolute atomic E-state index is 12.3. The van der Waals surface area contributed by atoms with E-state index in [9.17, 15) is 23.1 Å². The van der Waals surface area contributed by atoms with Crippen molar-refractivity contribution in [2.24, 2.45) is 0 Å². The summed E-state index contributed by atoms with van der Waals surface area (Å²) in [7, 11) is 0. The fourth-order valence-corrected chi connectivity index (χ4v) is 1.88. The van der Waals surface area contributed by atoms with Gasteiger partial charge in [0.15, 0.2) is 0 Å². The van der Waals surface area contributed by atoms with Gasteiger partial charge in [0.1, 0.15) is 6.54 Å². The second kappa shape index (κ2) is 5.68. The fraction of sp³-hybridized carbons (Fsp3) is 0.900. The number of halogens is 3. The molecule has 1 heterocycles. The van der Waals surface area contributed by atoms with E-state index in [4.69, 9.17) is 0 Å². The van der Waals surface area contributed by atoms with E-state index in [2.05, 4.69) is 5.32 Å². The van der Waals surface area contributed by atoms with Crippen molar-refractivity contribution in [3.8, 4) is 0 Å². The van der Waals surface area contributed by atoms with Crippen molar-refractivity contribution >= 4 is 5.91 Å². The lowest BCUT2D eigenvalue weighted by molar-refractivity contribution is -0.162. The number of carbonyl (C=O) groups is 1. The summed E-state index contributed by atoms with van der Waals surface area (Å²) in [6.07, 6.45) is -4.39. The zero-order valence-corrected chi connectivity index (χ0v) is 9.63. The molecular formula is C10H17F3N2O2. The summed E-state index contributed by atoms with van der Waals surface area (Å²) in [5.74, 6) is -0.583. The summed E-state index contributed by atoms with van der Waals surface area (Å²) in [5, 5.41) is 12.0. The van der Waals surface area contributed by atoms with Crippen LogP contribution in [0.3, 0.4) is 0 Å². The van der Waals surface area contributed by atoms with Gasteiger partial charge in [0.05, 0.1) is 12.1 Å². The topological polar surface area (TPSA) is 52.6 Å². The molecule has 17 heavy (non-hydrogen) atoms. The van der Waals surface area contributed by atoms with Crippen molar-refractivity contribution < 1.29 is 23.1 Å². The van der Waals surface area contributed by atoms with Crippen molar-refractivity contribution in [3.05, 3.63) is 0 Å². The van der Waals surface area contributed by atoms with Crippen LogP contribution in [-0.2, 0) is 4.79 Å². The molecule has 1 fully saturated rings. The minimum absolute atomic E-state index is 0.0760. The molecule has 1 aliphatic rings. The van der Waals surface area contributed by atoms with Crippen LogP contribution >= 0.6 is 0 Å². The lowest BCUT2D eigenvalue weighted by Crippen LogP contribution is -2.47. The van der Waals surface area contributed by atoms with Gasteiger partial charge in [-0.1, -0.05) is 6.92 Å². The number of nitrogens with zero attached hydrogens (tertiary/aromatic N) is 1. The van der Waals surface area contributed by atoms with Crippen LogP contribution in [0.15, 0.2) is 0 Å². The van der Waals surface area contributed by atoms with E-state index < -0.39 is 30.8 Å². The standard InChI is InChI=1S/C10H17F3N2O2/c1-2-3-15(6-10(11,12)13)9(17)8-4-7(16)5-14-8/h7-8,14,16H,2-6H2,1H3. The monoisotopic (exact) mass is 254 g/mol. The quantitative estimate of drug-likeness (QED) is 0.768. The number of alkyl halides is 3. The molecule has 0 saturated carbocycles. The van der Waals surface area contributed by atoms with Crippen molar-refractivity contribution in [2.75, 3.05) is 19.6 Å². The third-order valence-electron chi connectivity index (χ3n) is 2.58. The number of hydrogen-bond donors (Lipinski definition) is 2. The van der Waals surface area contributed by atoms with Gasteiger partial charge in [0, 0.05) is 13.1 Å². The molecule has 0 aromatic carbocycles. The van der Waals surface area contributed by atoms with Crippen LogP contribution in [0.2, 0.25) is 0 Å². The molecule has 1 amide bonds. The van der Waals surface area contributed by atoms with Crippen LogP contribution in [-0.4, -0.2) is 53.9 Å². The Morgan fingerprint density at radius 3 is 2.59 bits per heavy atom. The van der Waals surface area contributed by atoms with Gasteiger partial charge in [-0.15, -0.1) is 0 Å². The Kier molecular flexibility index (Phi) is 4.76. The first kappa shape index (κ1) is 14.2. The highest BCUT2D eigenvalue weighted by atomic mass is 19.4. The number of β-amino-alcohol motifs (C(OH)–C–C–N with tert-alkyl or cyclic N) is 1. The minimum Gasteiger partial charge on any atom is -0.392 e. The Balaban J connectivity index is 2.60. The fourth-order valence-electron chi connectivity index (χ4n) is 1.88. The average molecular weight is 254 g/mol. The summed E-state index contributed by atoms with van der Waals surface area (Å²) < 4.78 is 36.9. The smallest absolute Gasteiger partial charge is 0.392 e. The first-order valence-electron chi connectivity index (χ1n) is 5.60. The molecule has 1 saturated heterocycles. The van der Waals surface area contributed by atoms with Crippen LogP contribution in [0, 0.1) is 0 Å². The van der Waals surface area contributed by atoms with Gasteiger partial charge < -0.3 is 15.3 Å². The van der Waals surface area contributed by atoms with Gasteiger partial charge in [-0.2, -0.15) is 13.2 Å². The molecule has 2 N–H and O–H groups in total. The predicted molar refractivity (Wildman–Crippen MR) is 55.3 cm³/mol. The lowest BCUT2D eigenvalue weighted by Gasteiger charge is -2.26. The first-order valence-corrected chi connectivity index (χ1v) is 5.60. The predicted octanol–water partition coefficient (Wildman–Crippen LogP) is 0.510. The van der Waals surface area contributed by atoms with Gasteiger partial charge >= 0.3 is 6.18 Å². The van der Waals surface area contributed by atoms with Crippen molar-refractivity contribution in [1.82, 2.24) is 10.2 Å². The van der Waals surface area contributed by atoms with Gasteiger partial charge in [0.25, 0.3) is 0 Å². The molecule has 100 valence electrons. The number of aliphatic hydroxyl groups excluding tert-OH is 1. The van der Waals surface area contributed by atoms with Gasteiger partial charge in [0.2, 0.25) is 5.91 Å². The minimum atomic E-state index is -4.39. The Bertz CT molecular complexity index is 271. The Labute approximate surface area is 97.8 Å². The number of aliphatic hydroxyl groups is 1. The number of carbonyl (C=O) groups excluding carboxylic acids is 1. The maximum Gasteiger partial charge on any atom is 0.406 e. The average Bonchev–Trinajstić information content (AvgIpc) is 2.61. The van der Waals surface area contributed by atoms with Crippen molar-refractivity contribution in [3.63, 3.8) is 0 Å². The molecule has 7 heteroatoms. The molecule has 0 aromatic heterocycles. The van der Waals surface area contributed by atoms with Crippen LogP contribution in [0.25, 0.3) is 0 Å². The first-order chi connectivity index (χ1) is 7.83. The summed E-state index contributed by atoms with van der Waals surface area (Å²) in [4.78, 5) is 12.6. The Morgan fingerprint density at radius 2 is 2.18 bits per heavy atom. The molecule has 0 spiro atoms. The molecule has 2 unspecified atom stereocenters. The molecule has 0 aromatic rings. The van der Waals surface area contributed by atoms with Crippen molar-refractivity contribution in [1.29, 1.82) is 0 Å². The highest BCUT2D eigenvalue weighted by molar-refractivity contribution is 5.82. The van der Waals surface area contributed by atoms with Crippen LogP contribution in [0.5, 0.6) is 0 Å². The molecule has 2 atom stereocenters. The van der Waals surface area contributed by atoms with Crippen LogP contribution in [0.4, 0.5) is 13.2 Å². The molecule has 4 nitrogen and oxygen atoms in total. The summed E-state index contributed by atoms with van der Waals surface area (Å²) in [6, 6.07) is -0.695. The highest BCUT2D eigenvalue weighted by Gasteiger charge is 2.37. The summed E-state index contributed by atoms with van der Waals surface area (Å²) in [5.41, 5.74) is 0. The second-order valence-corrected chi connectivity index (χ2v) is 4.23. The Morgan fingerprint density at radius 1 is 1.53 bits per heavy atom. The normalized spacial score (nSPS) is 25.0. The largest absolute Gasteiger partial charge is 0.406 e. The van der Waals surface area contributed by atoms with Crippen molar-refractivity contribution in [2.45, 2.75) is 38.1 Å². The maximum atomic E-state index is 12.3. The number of amides is 1. The van der Waals surface area contributed by atoms with E-state index in [1.54, 1.807) is 6.92 Å². The number of hydrogen-bond acceptors (Lipinski definition) is 3. The molecule has 1 rings (SSSR count). The van der Waals surface area contributed by atoms with E-state index in [1.807, 2.05) is 0 Å². The zero-order chi connectivity index (χ0) is 13.1. The third kappa shape index (κ3) is 4.51. The van der Waals surface area contributed by atoms with E-state index in [-0.39, 0.29) is 19.5 Å². The third-order valence-corrected chi connectivity index (χ3v) is 2.58. The number of rotatable bonds is 4. The number of nitrogens with one attached hydrogen (secondary N) is 1. The second-order valence-electron chi connectivity index (χ2n) is 4.23. The SMILES string of the molecule is CCCN(CC(F)(F)F)C(=O)C1CC(O)CN1. The molecule has 0 aliphatic carbocycles. The zero-order valence-electron chi connectivity index (χ0n) is 9.63. The van der Waals surface area contributed by atoms with Gasteiger partial charge in [-0.25, -0.2) is 0 Å². The van der Waals surface area contributed by atoms with E-state index in [1.165, 1.54) is 0 Å².